The molecule has 0 atom stereocenters. The number of rotatable bonds is 4. The average Bonchev–Trinajstić information content (AvgIpc) is 2.52. The van der Waals surface area contributed by atoms with Crippen LogP contribution in [0.25, 0.3) is 0 Å². The number of carbonyl (C=O) groups excluding carboxylic acids is 2. The quantitative estimate of drug-likeness (QED) is 0.747. The lowest BCUT2D eigenvalue weighted by atomic mass is 9.90. The number of anilines is 2. The zero-order valence-corrected chi connectivity index (χ0v) is 15.8. The second kappa shape index (κ2) is 7.18. The summed E-state index contributed by atoms with van der Waals surface area (Å²) < 4.78 is 0.783. The van der Waals surface area contributed by atoms with Crippen molar-refractivity contribution >= 4 is 39.1 Å². The first-order valence-corrected chi connectivity index (χ1v) is 8.45. The van der Waals surface area contributed by atoms with E-state index in [4.69, 9.17) is 0 Å². The molecule has 2 N–H and O–H groups in total. The molecule has 0 aliphatic carbocycles. The summed E-state index contributed by atoms with van der Waals surface area (Å²) in [5.74, 6) is -0.719. The van der Waals surface area contributed by atoms with Crippen molar-refractivity contribution in [2.24, 2.45) is 5.41 Å². The van der Waals surface area contributed by atoms with Gasteiger partial charge in [-0.15, -0.1) is 0 Å². The lowest BCUT2D eigenvalue weighted by molar-refractivity contribution is -0.135. The van der Waals surface area contributed by atoms with Crippen molar-refractivity contribution in [3.05, 3.63) is 58.1 Å². The standard InChI is InChI=1S/C19H21BrN2O2/c1-12-5-8-14(9-6-12)21-17(23)19(3,4)18(24)22-16-10-7-13(2)11-15(16)20/h5-11H,1-4H3,(H,21,23)(H,22,24). The topological polar surface area (TPSA) is 58.2 Å². The smallest absolute Gasteiger partial charge is 0.239 e. The molecule has 5 heteroatoms. The molecule has 2 aromatic rings. The summed E-state index contributed by atoms with van der Waals surface area (Å²) >= 11 is 3.42. The molecule has 126 valence electrons. The van der Waals surface area contributed by atoms with Gasteiger partial charge >= 0.3 is 0 Å². The number of aryl methyl sites for hydroxylation is 2. The van der Waals surface area contributed by atoms with Crippen molar-refractivity contribution in [2.45, 2.75) is 27.7 Å². The van der Waals surface area contributed by atoms with Gasteiger partial charge in [-0.05, 0) is 73.5 Å². The second-order valence-electron chi connectivity index (χ2n) is 6.38. The molecule has 2 rings (SSSR count). The molecular weight excluding hydrogens is 368 g/mol. The van der Waals surface area contributed by atoms with Gasteiger partial charge in [0.1, 0.15) is 5.41 Å². The lowest BCUT2D eigenvalue weighted by Gasteiger charge is -2.23. The van der Waals surface area contributed by atoms with E-state index in [1.165, 1.54) is 0 Å². The van der Waals surface area contributed by atoms with E-state index < -0.39 is 5.41 Å². The second-order valence-corrected chi connectivity index (χ2v) is 7.24. The number of benzene rings is 2. The van der Waals surface area contributed by atoms with Crippen LogP contribution in [0.4, 0.5) is 11.4 Å². The fraction of sp³-hybridized carbons (Fsp3) is 0.263. The number of hydrogen-bond acceptors (Lipinski definition) is 2. The Morgan fingerprint density at radius 3 is 2.00 bits per heavy atom. The third kappa shape index (κ3) is 4.23. The van der Waals surface area contributed by atoms with Crippen LogP contribution >= 0.6 is 15.9 Å². The van der Waals surface area contributed by atoms with Crippen LogP contribution in [-0.2, 0) is 9.59 Å². The summed E-state index contributed by atoms with van der Waals surface area (Å²) in [6.07, 6.45) is 0. The SMILES string of the molecule is Cc1ccc(NC(=O)C(C)(C)C(=O)Nc2ccc(C)cc2Br)cc1. The van der Waals surface area contributed by atoms with Crippen molar-refractivity contribution in [3.63, 3.8) is 0 Å². The maximum atomic E-state index is 12.6. The van der Waals surface area contributed by atoms with Crippen LogP contribution in [-0.4, -0.2) is 11.8 Å². The minimum atomic E-state index is -1.21. The minimum Gasteiger partial charge on any atom is -0.325 e. The lowest BCUT2D eigenvalue weighted by Crippen LogP contribution is -2.41. The highest BCUT2D eigenvalue weighted by molar-refractivity contribution is 9.10. The summed E-state index contributed by atoms with van der Waals surface area (Å²) in [5.41, 5.74) is 2.28. The van der Waals surface area contributed by atoms with Gasteiger partial charge in [0.15, 0.2) is 0 Å². The van der Waals surface area contributed by atoms with Crippen molar-refractivity contribution in [1.29, 1.82) is 0 Å². The van der Waals surface area contributed by atoms with E-state index in [1.807, 2.05) is 56.3 Å². The number of nitrogens with one attached hydrogen (secondary N) is 2. The van der Waals surface area contributed by atoms with Gasteiger partial charge in [0, 0.05) is 10.2 Å². The molecule has 0 aliphatic rings. The molecule has 0 spiro atoms. The molecule has 0 bridgehead atoms. The van der Waals surface area contributed by atoms with E-state index in [0.29, 0.717) is 11.4 Å². The highest BCUT2D eigenvalue weighted by Crippen LogP contribution is 2.27. The molecule has 0 saturated carbocycles. The van der Waals surface area contributed by atoms with Gasteiger partial charge in [0.25, 0.3) is 0 Å². The Hall–Kier alpha value is -2.14. The summed E-state index contributed by atoms with van der Waals surface area (Å²) in [4.78, 5) is 25.1. The van der Waals surface area contributed by atoms with E-state index in [-0.39, 0.29) is 11.8 Å². The molecule has 0 heterocycles. The minimum absolute atomic E-state index is 0.355. The number of halogens is 1. The first kappa shape index (κ1) is 18.2. The van der Waals surface area contributed by atoms with Gasteiger partial charge < -0.3 is 10.6 Å². The molecule has 24 heavy (non-hydrogen) atoms. The number of carbonyl (C=O) groups is 2. The third-order valence-electron chi connectivity index (χ3n) is 3.82. The van der Waals surface area contributed by atoms with Crippen LogP contribution < -0.4 is 10.6 Å². The molecular formula is C19H21BrN2O2. The zero-order chi connectivity index (χ0) is 17.9. The molecule has 0 unspecified atom stereocenters. The Labute approximate surface area is 150 Å². The first-order valence-electron chi connectivity index (χ1n) is 7.66. The highest BCUT2D eigenvalue weighted by Gasteiger charge is 2.36. The molecule has 0 radical (unpaired) electrons. The largest absolute Gasteiger partial charge is 0.325 e. The predicted molar refractivity (Wildman–Crippen MR) is 101 cm³/mol. The van der Waals surface area contributed by atoms with Crippen molar-refractivity contribution in [3.8, 4) is 0 Å². The Morgan fingerprint density at radius 1 is 0.875 bits per heavy atom. The van der Waals surface area contributed by atoms with Crippen molar-refractivity contribution < 1.29 is 9.59 Å². The summed E-state index contributed by atoms with van der Waals surface area (Å²) in [7, 11) is 0. The Kier molecular flexibility index (Phi) is 5.44. The van der Waals surface area contributed by atoms with Crippen molar-refractivity contribution in [2.75, 3.05) is 10.6 Å². The molecule has 0 aliphatic heterocycles. The normalized spacial score (nSPS) is 11.0. The fourth-order valence-electron chi connectivity index (χ4n) is 2.03. The summed E-state index contributed by atoms with van der Waals surface area (Å²) in [6.45, 7) is 7.15. The van der Waals surface area contributed by atoms with E-state index >= 15 is 0 Å². The summed E-state index contributed by atoms with van der Waals surface area (Å²) in [6, 6.07) is 13.1. The van der Waals surface area contributed by atoms with Gasteiger partial charge in [-0.3, -0.25) is 9.59 Å². The zero-order valence-electron chi connectivity index (χ0n) is 14.2. The van der Waals surface area contributed by atoms with Crippen LogP contribution in [0.1, 0.15) is 25.0 Å². The van der Waals surface area contributed by atoms with Crippen LogP contribution in [0.15, 0.2) is 46.9 Å². The average molecular weight is 389 g/mol. The van der Waals surface area contributed by atoms with Gasteiger partial charge in [0.05, 0.1) is 5.69 Å². The van der Waals surface area contributed by atoms with Crippen LogP contribution in [0.5, 0.6) is 0 Å². The first-order chi connectivity index (χ1) is 11.2. The predicted octanol–water partition coefficient (Wildman–Crippen LogP) is 4.67. The highest BCUT2D eigenvalue weighted by atomic mass is 79.9. The van der Waals surface area contributed by atoms with Gasteiger partial charge in [-0.25, -0.2) is 0 Å². The van der Waals surface area contributed by atoms with Gasteiger partial charge in [-0.1, -0.05) is 23.8 Å². The fourth-order valence-corrected chi connectivity index (χ4v) is 2.62. The summed E-state index contributed by atoms with van der Waals surface area (Å²) in [5, 5.41) is 5.60. The van der Waals surface area contributed by atoms with E-state index in [0.717, 1.165) is 15.6 Å². The van der Waals surface area contributed by atoms with Crippen LogP contribution in [0.2, 0.25) is 0 Å². The van der Waals surface area contributed by atoms with E-state index in [2.05, 4.69) is 26.6 Å². The van der Waals surface area contributed by atoms with Crippen molar-refractivity contribution in [1.82, 2.24) is 0 Å². The molecule has 0 saturated heterocycles. The number of hydrogen-bond donors (Lipinski definition) is 2. The third-order valence-corrected chi connectivity index (χ3v) is 4.47. The Balaban J connectivity index is 2.11. The van der Waals surface area contributed by atoms with E-state index in [9.17, 15) is 9.59 Å². The Bertz CT molecular complexity index is 767. The van der Waals surface area contributed by atoms with E-state index in [1.54, 1.807) is 13.8 Å². The van der Waals surface area contributed by atoms with Gasteiger partial charge in [0.2, 0.25) is 11.8 Å². The maximum Gasteiger partial charge on any atom is 0.239 e. The maximum absolute atomic E-state index is 12.6. The molecule has 4 nitrogen and oxygen atoms in total. The molecule has 0 aromatic heterocycles. The number of amides is 2. The molecule has 2 amide bonds. The van der Waals surface area contributed by atoms with Crippen LogP contribution in [0.3, 0.4) is 0 Å². The monoisotopic (exact) mass is 388 g/mol. The Morgan fingerprint density at radius 2 is 1.42 bits per heavy atom. The molecule has 0 fully saturated rings. The van der Waals surface area contributed by atoms with Crippen LogP contribution in [0, 0.1) is 19.3 Å². The molecule has 2 aromatic carbocycles. The van der Waals surface area contributed by atoms with Gasteiger partial charge in [-0.2, -0.15) is 0 Å².